The Morgan fingerprint density at radius 1 is 1.18 bits per heavy atom. The fourth-order valence-electron chi connectivity index (χ4n) is 4.11. The first-order valence-electron chi connectivity index (χ1n) is 10.7. The van der Waals surface area contributed by atoms with Crippen LogP contribution in [0.5, 0.6) is 0 Å². The third-order valence-electron chi connectivity index (χ3n) is 6.03. The number of nitrogens with zero attached hydrogens (tertiary/aromatic N) is 6. The van der Waals surface area contributed by atoms with Gasteiger partial charge in [0.1, 0.15) is 17.0 Å². The van der Waals surface area contributed by atoms with E-state index in [1.807, 2.05) is 6.07 Å². The van der Waals surface area contributed by atoms with Crippen LogP contribution in [0.15, 0.2) is 36.8 Å². The van der Waals surface area contributed by atoms with Crippen LogP contribution in [-0.2, 0) is 25.0 Å². The van der Waals surface area contributed by atoms with Crippen molar-refractivity contribution in [3.05, 3.63) is 47.6 Å². The molecule has 13 heteroatoms. The van der Waals surface area contributed by atoms with Crippen molar-refractivity contribution in [1.29, 1.82) is 0 Å². The molecule has 0 amide bonds. The molecule has 3 aromatic rings. The molecule has 3 aromatic heterocycles. The van der Waals surface area contributed by atoms with E-state index in [2.05, 4.69) is 29.9 Å². The van der Waals surface area contributed by atoms with E-state index in [-0.39, 0.29) is 11.8 Å². The summed E-state index contributed by atoms with van der Waals surface area (Å²) in [5, 5.41) is 7.77. The van der Waals surface area contributed by atoms with Gasteiger partial charge >= 0.3 is 0 Å². The summed E-state index contributed by atoms with van der Waals surface area (Å²) in [4.78, 5) is 12.6. The second-order valence-electron chi connectivity index (χ2n) is 8.18. The second-order valence-corrected chi connectivity index (χ2v) is 10.7. The molecule has 0 aliphatic heterocycles. The van der Waals surface area contributed by atoms with Gasteiger partial charge in [-0.3, -0.25) is 14.3 Å². The predicted octanol–water partition coefficient (Wildman–Crippen LogP) is 2.83. The summed E-state index contributed by atoms with van der Waals surface area (Å²) in [6.07, 6.45) is 6.07. The summed E-state index contributed by atoms with van der Waals surface area (Å²) in [6, 6.07) is 5.44. The highest BCUT2D eigenvalue weighted by molar-refractivity contribution is 7.93. The Hall–Kier alpha value is -2.67. The number of pyridine rings is 1. The van der Waals surface area contributed by atoms with Gasteiger partial charge in [0, 0.05) is 32.8 Å². The molecule has 0 unspecified atom stereocenters. The first kappa shape index (κ1) is 24.5. The number of nitrogens with one attached hydrogen (secondary N) is 1. The van der Waals surface area contributed by atoms with E-state index in [9.17, 15) is 8.42 Å². The Bertz CT molecular complexity index is 1220. The molecule has 1 aliphatic rings. The highest BCUT2D eigenvalue weighted by Crippen LogP contribution is 2.43. The van der Waals surface area contributed by atoms with Crippen molar-refractivity contribution in [2.75, 3.05) is 25.5 Å². The zero-order chi connectivity index (χ0) is 24.3. The SMILES string of the molecule is COCC1(n2c(NS(=O)(=O)[C@@H](C)[C@H](OC)c3ncc(Cl)cn3)nnc2-c2ccccn2)CCC1. The van der Waals surface area contributed by atoms with Gasteiger partial charge < -0.3 is 9.47 Å². The number of rotatable bonds is 10. The van der Waals surface area contributed by atoms with Crippen molar-refractivity contribution < 1.29 is 17.9 Å². The molecular weight excluding hydrogens is 482 g/mol. The molecule has 182 valence electrons. The summed E-state index contributed by atoms with van der Waals surface area (Å²) >= 11 is 5.86. The van der Waals surface area contributed by atoms with Gasteiger partial charge in [-0.2, -0.15) is 0 Å². The average molecular weight is 508 g/mol. The number of anilines is 1. The van der Waals surface area contributed by atoms with Crippen molar-refractivity contribution in [3.63, 3.8) is 0 Å². The largest absolute Gasteiger partial charge is 0.382 e. The molecule has 1 saturated carbocycles. The Balaban J connectivity index is 1.71. The van der Waals surface area contributed by atoms with Crippen LogP contribution in [0.25, 0.3) is 11.5 Å². The Kier molecular flexibility index (Phi) is 7.12. The zero-order valence-electron chi connectivity index (χ0n) is 19.0. The maximum Gasteiger partial charge on any atom is 0.240 e. The molecule has 1 aliphatic carbocycles. The minimum Gasteiger partial charge on any atom is -0.382 e. The molecule has 1 N–H and O–H groups in total. The topological polar surface area (TPSA) is 134 Å². The van der Waals surface area contributed by atoms with Crippen LogP contribution in [0, 0.1) is 0 Å². The van der Waals surface area contributed by atoms with Crippen LogP contribution in [0.3, 0.4) is 0 Å². The average Bonchev–Trinajstić information content (AvgIpc) is 3.21. The Labute approximate surface area is 203 Å². The van der Waals surface area contributed by atoms with Crippen LogP contribution in [0.4, 0.5) is 5.95 Å². The molecule has 0 radical (unpaired) electrons. The molecule has 4 rings (SSSR count). The number of methoxy groups -OCH3 is 2. The van der Waals surface area contributed by atoms with Gasteiger partial charge in [0.2, 0.25) is 16.0 Å². The number of hydrogen-bond donors (Lipinski definition) is 1. The van der Waals surface area contributed by atoms with E-state index in [1.165, 1.54) is 26.4 Å². The molecule has 2 atom stereocenters. The summed E-state index contributed by atoms with van der Waals surface area (Å²) in [6.45, 7) is 1.90. The zero-order valence-corrected chi connectivity index (χ0v) is 20.6. The van der Waals surface area contributed by atoms with Gasteiger partial charge in [-0.15, -0.1) is 10.2 Å². The third-order valence-corrected chi connectivity index (χ3v) is 7.92. The van der Waals surface area contributed by atoms with E-state index >= 15 is 0 Å². The maximum absolute atomic E-state index is 13.4. The smallest absolute Gasteiger partial charge is 0.240 e. The molecule has 0 spiro atoms. The summed E-state index contributed by atoms with van der Waals surface area (Å²) < 4.78 is 42.2. The Morgan fingerprint density at radius 3 is 2.47 bits per heavy atom. The molecule has 34 heavy (non-hydrogen) atoms. The first-order chi connectivity index (χ1) is 16.3. The summed E-state index contributed by atoms with van der Waals surface area (Å²) in [7, 11) is -0.988. The van der Waals surface area contributed by atoms with Crippen molar-refractivity contribution >= 4 is 27.6 Å². The first-order valence-corrected chi connectivity index (χ1v) is 12.6. The number of aromatic nitrogens is 6. The van der Waals surface area contributed by atoms with Gasteiger partial charge in [0.25, 0.3) is 0 Å². The standard InChI is InChI=1S/C21H26ClN7O4S/c1-14(17(33-3)18-24-11-15(22)12-25-18)34(30,31)28-20-27-26-19(16-7-4-5-10-23-16)29(20)21(13-32-2)8-6-9-21/h4-5,7,10-12,14,17H,6,8-9,13H2,1-3H3,(H,27,28)/t14-,17-/m0/s1. The number of sulfonamides is 1. The lowest BCUT2D eigenvalue weighted by Gasteiger charge is -2.43. The maximum atomic E-state index is 13.4. The van der Waals surface area contributed by atoms with Gasteiger partial charge in [-0.05, 0) is 38.3 Å². The predicted molar refractivity (Wildman–Crippen MR) is 126 cm³/mol. The third kappa shape index (κ3) is 4.63. The molecule has 0 bridgehead atoms. The van der Waals surface area contributed by atoms with Crippen LogP contribution < -0.4 is 4.72 Å². The minimum atomic E-state index is -4.01. The van der Waals surface area contributed by atoms with Crippen molar-refractivity contribution in [3.8, 4) is 11.5 Å². The van der Waals surface area contributed by atoms with Crippen molar-refractivity contribution in [2.45, 2.75) is 43.1 Å². The Morgan fingerprint density at radius 2 is 1.91 bits per heavy atom. The van der Waals surface area contributed by atoms with Crippen molar-refractivity contribution in [2.24, 2.45) is 0 Å². The van der Waals surface area contributed by atoms with Crippen LogP contribution in [-0.4, -0.2) is 64.2 Å². The van der Waals surface area contributed by atoms with E-state index in [4.69, 9.17) is 21.1 Å². The van der Waals surface area contributed by atoms with E-state index in [1.54, 1.807) is 30.0 Å². The summed E-state index contributed by atoms with van der Waals surface area (Å²) in [5.74, 6) is 0.762. The highest BCUT2D eigenvalue weighted by atomic mass is 35.5. The molecule has 3 heterocycles. The van der Waals surface area contributed by atoms with E-state index in [0.717, 1.165) is 19.3 Å². The highest BCUT2D eigenvalue weighted by Gasteiger charge is 2.44. The molecule has 11 nitrogen and oxygen atoms in total. The minimum absolute atomic E-state index is 0.0936. The normalized spacial score (nSPS) is 17.1. The second kappa shape index (κ2) is 9.90. The van der Waals surface area contributed by atoms with E-state index < -0.39 is 26.9 Å². The summed E-state index contributed by atoms with van der Waals surface area (Å²) in [5.41, 5.74) is 0.104. The molecular formula is C21H26ClN7O4S. The number of ether oxygens (including phenoxy) is 2. The fourth-order valence-corrected chi connectivity index (χ4v) is 5.33. The van der Waals surface area contributed by atoms with Crippen molar-refractivity contribution in [1.82, 2.24) is 29.7 Å². The van der Waals surface area contributed by atoms with Crippen LogP contribution >= 0.6 is 11.6 Å². The lowest BCUT2D eigenvalue weighted by molar-refractivity contribution is 0.0299. The molecule has 1 fully saturated rings. The van der Waals surface area contributed by atoms with Crippen LogP contribution in [0.1, 0.15) is 38.1 Å². The molecule has 0 aromatic carbocycles. The van der Waals surface area contributed by atoms with E-state index in [0.29, 0.717) is 23.1 Å². The monoisotopic (exact) mass is 507 g/mol. The number of hydrogen-bond acceptors (Lipinski definition) is 9. The van der Waals surface area contributed by atoms with Gasteiger partial charge in [-0.25, -0.2) is 18.4 Å². The van der Waals surface area contributed by atoms with Gasteiger partial charge in [0.05, 0.1) is 17.2 Å². The quantitative estimate of drug-likeness (QED) is 0.439. The van der Waals surface area contributed by atoms with Gasteiger partial charge in [0.15, 0.2) is 11.6 Å². The lowest BCUT2D eigenvalue weighted by Crippen LogP contribution is -2.46. The molecule has 0 saturated heterocycles. The fraction of sp³-hybridized carbons (Fsp3) is 0.476. The van der Waals surface area contributed by atoms with Gasteiger partial charge in [-0.1, -0.05) is 17.7 Å². The number of halogens is 1. The lowest BCUT2D eigenvalue weighted by atomic mass is 9.77. The van der Waals surface area contributed by atoms with Crippen LogP contribution in [0.2, 0.25) is 5.02 Å².